The molecule has 0 aliphatic carbocycles. The van der Waals surface area contributed by atoms with Crippen molar-refractivity contribution in [1.82, 2.24) is 15.6 Å². The summed E-state index contributed by atoms with van der Waals surface area (Å²) in [6.45, 7) is 6.04. The molecule has 5 nitrogen and oxygen atoms in total. The minimum Gasteiger partial charge on any atom is -0.481 e. The smallest absolute Gasteiger partial charge is 0.213 e. The lowest BCUT2D eigenvalue weighted by molar-refractivity contribution is 0.397. The first-order valence-corrected chi connectivity index (χ1v) is 6.59. The van der Waals surface area contributed by atoms with Gasteiger partial charge in [0.25, 0.3) is 0 Å². The predicted octanol–water partition coefficient (Wildman–Crippen LogP) is 1.80. The van der Waals surface area contributed by atoms with Crippen LogP contribution in [0, 0.1) is 5.92 Å². The minimum absolute atomic E-state index is 0.627. The van der Waals surface area contributed by atoms with Gasteiger partial charge >= 0.3 is 0 Å². The summed E-state index contributed by atoms with van der Waals surface area (Å²) < 4.78 is 5.09. The van der Waals surface area contributed by atoms with E-state index in [1.54, 1.807) is 20.4 Å². The summed E-state index contributed by atoms with van der Waals surface area (Å²) in [6.07, 6.45) is 2.87. The fourth-order valence-electron chi connectivity index (χ4n) is 1.56. The molecular weight excluding hydrogens is 240 g/mol. The molecule has 5 heteroatoms. The lowest BCUT2D eigenvalue weighted by Crippen LogP contribution is -2.37. The molecule has 0 aliphatic rings. The second kappa shape index (κ2) is 8.34. The Labute approximate surface area is 115 Å². The highest BCUT2D eigenvalue weighted by atomic mass is 16.5. The monoisotopic (exact) mass is 264 g/mol. The molecule has 106 valence electrons. The third kappa shape index (κ3) is 6.08. The molecule has 0 aliphatic heterocycles. The van der Waals surface area contributed by atoms with Crippen molar-refractivity contribution < 1.29 is 4.74 Å². The first kappa shape index (κ1) is 15.3. The van der Waals surface area contributed by atoms with E-state index < -0.39 is 0 Å². The van der Waals surface area contributed by atoms with Crippen molar-refractivity contribution >= 4 is 5.96 Å². The van der Waals surface area contributed by atoms with Gasteiger partial charge in [-0.3, -0.25) is 4.99 Å². The van der Waals surface area contributed by atoms with Gasteiger partial charge in [-0.15, -0.1) is 0 Å². The van der Waals surface area contributed by atoms with Crippen molar-refractivity contribution in [1.29, 1.82) is 0 Å². The fourth-order valence-corrected chi connectivity index (χ4v) is 1.56. The molecule has 1 aromatic heterocycles. The zero-order chi connectivity index (χ0) is 14.1. The van der Waals surface area contributed by atoms with Crippen LogP contribution in [0.2, 0.25) is 0 Å². The summed E-state index contributed by atoms with van der Waals surface area (Å²) in [5.74, 6) is 2.13. The molecule has 0 fully saturated rings. The maximum Gasteiger partial charge on any atom is 0.213 e. The molecule has 1 rings (SSSR count). The molecule has 0 bridgehead atoms. The van der Waals surface area contributed by atoms with E-state index in [0.717, 1.165) is 24.5 Å². The normalized spacial score (nSPS) is 11.5. The number of methoxy groups -OCH3 is 1. The standard InChI is InChI=1S/C14H24N4O/c1-11(2)5-7-17-14(15-3)18-10-12-6-8-16-13(9-12)19-4/h6,8-9,11H,5,7,10H2,1-4H3,(H2,15,17,18). The number of ether oxygens (including phenoxy) is 1. The van der Waals surface area contributed by atoms with Crippen LogP contribution in [0.15, 0.2) is 23.3 Å². The van der Waals surface area contributed by atoms with Gasteiger partial charge in [0.15, 0.2) is 5.96 Å². The Morgan fingerprint density at radius 3 is 2.84 bits per heavy atom. The van der Waals surface area contributed by atoms with Crippen molar-refractivity contribution in [3.63, 3.8) is 0 Å². The molecule has 0 saturated heterocycles. The largest absolute Gasteiger partial charge is 0.481 e. The van der Waals surface area contributed by atoms with Crippen LogP contribution in [0.5, 0.6) is 5.88 Å². The summed E-state index contributed by atoms with van der Waals surface area (Å²) in [6, 6.07) is 3.87. The molecule has 0 atom stereocenters. The van der Waals surface area contributed by atoms with Crippen LogP contribution in [-0.2, 0) is 6.54 Å². The van der Waals surface area contributed by atoms with E-state index >= 15 is 0 Å². The Morgan fingerprint density at radius 2 is 2.21 bits per heavy atom. The van der Waals surface area contributed by atoms with Crippen molar-refractivity contribution in [3.05, 3.63) is 23.9 Å². The van der Waals surface area contributed by atoms with E-state index in [4.69, 9.17) is 4.74 Å². The Kier molecular flexibility index (Phi) is 6.71. The van der Waals surface area contributed by atoms with Crippen LogP contribution < -0.4 is 15.4 Å². The molecule has 0 spiro atoms. The molecule has 0 saturated carbocycles. The van der Waals surface area contributed by atoms with E-state index in [9.17, 15) is 0 Å². The maximum absolute atomic E-state index is 5.09. The molecule has 0 unspecified atom stereocenters. The van der Waals surface area contributed by atoms with Crippen LogP contribution in [0.25, 0.3) is 0 Å². The number of nitrogens with zero attached hydrogens (tertiary/aromatic N) is 2. The molecule has 0 aromatic carbocycles. The van der Waals surface area contributed by atoms with Crippen molar-refractivity contribution in [2.45, 2.75) is 26.8 Å². The number of hydrogen-bond donors (Lipinski definition) is 2. The first-order valence-electron chi connectivity index (χ1n) is 6.59. The van der Waals surface area contributed by atoms with Crippen LogP contribution in [0.4, 0.5) is 0 Å². The molecular formula is C14H24N4O. The Hall–Kier alpha value is -1.78. The number of aromatic nitrogens is 1. The van der Waals surface area contributed by atoms with Gasteiger partial charge in [0.05, 0.1) is 7.11 Å². The summed E-state index contributed by atoms with van der Waals surface area (Å²) in [5, 5.41) is 6.56. The van der Waals surface area contributed by atoms with E-state index in [2.05, 4.69) is 34.5 Å². The quantitative estimate of drug-likeness (QED) is 0.607. The van der Waals surface area contributed by atoms with Crippen LogP contribution in [-0.4, -0.2) is 31.6 Å². The average Bonchev–Trinajstić information content (AvgIpc) is 2.42. The third-order valence-corrected chi connectivity index (χ3v) is 2.71. The second-order valence-corrected chi connectivity index (χ2v) is 4.74. The van der Waals surface area contributed by atoms with Gasteiger partial charge in [-0.25, -0.2) is 4.98 Å². The maximum atomic E-state index is 5.09. The highest BCUT2D eigenvalue weighted by Crippen LogP contribution is 2.07. The minimum atomic E-state index is 0.627. The zero-order valence-electron chi connectivity index (χ0n) is 12.2. The molecule has 1 aromatic rings. The van der Waals surface area contributed by atoms with Gasteiger partial charge in [-0.1, -0.05) is 13.8 Å². The number of hydrogen-bond acceptors (Lipinski definition) is 3. The van der Waals surface area contributed by atoms with Crippen LogP contribution in [0.3, 0.4) is 0 Å². The Morgan fingerprint density at radius 1 is 1.42 bits per heavy atom. The van der Waals surface area contributed by atoms with E-state index in [-0.39, 0.29) is 0 Å². The molecule has 2 N–H and O–H groups in total. The van der Waals surface area contributed by atoms with E-state index in [0.29, 0.717) is 18.3 Å². The van der Waals surface area contributed by atoms with Gasteiger partial charge in [-0.2, -0.15) is 0 Å². The van der Waals surface area contributed by atoms with E-state index in [1.807, 2.05) is 12.1 Å². The van der Waals surface area contributed by atoms with E-state index in [1.165, 1.54) is 0 Å². The summed E-state index contributed by atoms with van der Waals surface area (Å²) >= 11 is 0. The van der Waals surface area contributed by atoms with Gasteiger partial charge in [0.1, 0.15) is 0 Å². The van der Waals surface area contributed by atoms with Crippen molar-refractivity contribution in [2.75, 3.05) is 20.7 Å². The zero-order valence-corrected chi connectivity index (χ0v) is 12.2. The third-order valence-electron chi connectivity index (χ3n) is 2.71. The first-order chi connectivity index (χ1) is 9.15. The van der Waals surface area contributed by atoms with Gasteiger partial charge in [-0.05, 0) is 24.0 Å². The molecule has 0 radical (unpaired) electrons. The number of pyridine rings is 1. The molecule has 0 amide bonds. The number of rotatable bonds is 6. The van der Waals surface area contributed by atoms with Gasteiger partial charge < -0.3 is 15.4 Å². The van der Waals surface area contributed by atoms with Gasteiger partial charge in [0.2, 0.25) is 5.88 Å². The topological polar surface area (TPSA) is 58.5 Å². The van der Waals surface area contributed by atoms with Gasteiger partial charge in [0, 0.05) is 32.4 Å². The fraction of sp³-hybridized carbons (Fsp3) is 0.571. The van der Waals surface area contributed by atoms with Crippen LogP contribution in [0.1, 0.15) is 25.8 Å². The SMILES string of the molecule is CN=C(NCCC(C)C)NCc1ccnc(OC)c1. The molecule has 19 heavy (non-hydrogen) atoms. The lowest BCUT2D eigenvalue weighted by atomic mass is 10.1. The highest BCUT2D eigenvalue weighted by Gasteiger charge is 2.00. The Bertz CT molecular complexity index is 404. The molecule has 1 heterocycles. The second-order valence-electron chi connectivity index (χ2n) is 4.74. The Balaban J connectivity index is 2.40. The number of nitrogens with one attached hydrogen (secondary N) is 2. The highest BCUT2D eigenvalue weighted by molar-refractivity contribution is 5.79. The van der Waals surface area contributed by atoms with Crippen LogP contribution >= 0.6 is 0 Å². The van der Waals surface area contributed by atoms with Crippen molar-refractivity contribution in [2.24, 2.45) is 10.9 Å². The lowest BCUT2D eigenvalue weighted by Gasteiger charge is -2.13. The summed E-state index contributed by atoms with van der Waals surface area (Å²) in [5.41, 5.74) is 1.11. The average molecular weight is 264 g/mol. The van der Waals surface area contributed by atoms with Crippen molar-refractivity contribution in [3.8, 4) is 5.88 Å². The number of guanidine groups is 1. The summed E-state index contributed by atoms with van der Waals surface area (Å²) in [7, 11) is 3.39. The predicted molar refractivity (Wildman–Crippen MR) is 78.4 cm³/mol. The number of aliphatic imine (C=N–C) groups is 1. The summed E-state index contributed by atoms with van der Waals surface area (Å²) in [4.78, 5) is 8.27.